The SMILES string of the molecule is OCC1(CNCc2cc3c(cc2Br)OCO3)CCCCC1. The first-order chi connectivity index (χ1) is 10.2. The smallest absolute Gasteiger partial charge is 0.231 e. The lowest BCUT2D eigenvalue weighted by molar-refractivity contribution is 0.0810. The molecule has 116 valence electrons. The maximum atomic E-state index is 9.73. The minimum Gasteiger partial charge on any atom is -0.454 e. The highest BCUT2D eigenvalue weighted by molar-refractivity contribution is 9.10. The summed E-state index contributed by atoms with van der Waals surface area (Å²) in [7, 11) is 0. The molecule has 0 radical (unpaired) electrons. The highest BCUT2D eigenvalue weighted by Gasteiger charge is 2.30. The van der Waals surface area contributed by atoms with Crippen molar-refractivity contribution in [3.05, 3.63) is 22.2 Å². The zero-order chi connectivity index (χ0) is 14.7. The number of aliphatic hydroxyl groups excluding tert-OH is 1. The highest BCUT2D eigenvalue weighted by Crippen LogP contribution is 2.38. The molecule has 0 saturated heterocycles. The minimum atomic E-state index is 0.0705. The molecule has 0 bridgehead atoms. The molecule has 0 atom stereocenters. The van der Waals surface area contributed by atoms with Crippen molar-refractivity contribution in [3.63, 3.8) is 0 Å². The van der Waals surface area contributed by atoms with Crippen molar-refractivity contribution in [1.82, 2.24) is 5.32 Å². The Bertz CT molecular complexity index is 501. The van der Waals surface area contributed by atoms with Gasteiger partial charge in [0, 0.05) is 29.6 Å². The molecular formula is C16H22BrNO3. The molecule has 0 spiro atoms. The first kappa shape index (κ1) is 15.1. The van der Waals surface area contributed by atoms with Gasteiger partial charge in [-0.1, -0.05) is 35.2 Å². The van der Waals surface area contributed by atoms with Crippen LogP contribution in [0.2, 0.25) is 0 Å². The third kappa shape index (κ3) is 3.35. The van der Waals surface area contributed by atoms with Crippen LogP contribution in [0.15, 0.2) is 16.6 Å². The molecule has 0 aromatic heterocycles. The molecule has 1 aromatic rings. The largest absolute Gasteiger partial charge is 0.454 e. The normalized spacial score (nSPS) is 19.7. The number of hydrogen-bond acceptors (Lipinski definition) is 4. The van der Waals surface area contributed by atoms with Gasteiger partial charge in [0.15, 0.2) is 11.5 Å². The summed E-state index contributed by atoms with van der Waals surface area (Å²) < 4.78 is 11.8. The van der Waals surface area contributed by atoms with E-state index in [1.165, 1.54) is 19.3 Å². The molecule has 0 unspecified atom stereocenters. The Morgan fingerprint density at radius 3 is 2.57 bits per heavy atom. The van der Waals surface area contributed by atoms with E-state index in [9.17, 15) is 5.11 Å². The summed E-state index contributed by atoms with van der Waals surface area (Å²) in [5.41, 5.74) is 1.23. The maximum absolute atomic E-state index is 9.73. The standard InChI is InChI=1S/C16H22BrNO3/c17-13-7-15-14(20-11-21-15)6-12(13)8-18-9-16(10-19)4-2-1-3-5-16/h6-7,18-19H,1-5,8-11H2. The Morgan fingerprint density at radius 2 is 1.86 bits per heavy atom. The summed E-state index contributed by atoms with van der Waals surface area (Å²) in [4.78, 5) is 0. The third-order valence-corrected chi connectivity index (χ3v) is 5.34. The fourth-order valence-electron chi connectivity index (χ4n) is 3.25. The van der Waals surface area contributed by atoms with E-state index in [-0.39, 0.29) is 12.0 Å². The van der Waals surface area contributed by atoms with E-state index < -0.39 is 0 Å². The molecule has 5 heteroatoms. The first-order valence-corrected chi connectivity index (χ1v) is 8.41. The van der Waals surface area contributed by atoms with Gasteiger partial charge in [-0.2, -0.15) is 0 Å². The van der Waals surface area contributed by atoms with Crippen LogP contribution in [-0.4, -0.2) is 25.1 Å². The summed E-state index contributed by atoms with van der Waals surface area (Å²) in [5, 5.41) is 13.2. The van der Waals surface area contributed by atoms with E-state index in [4.69, 9.17) is 9.47 Å². The van der Waals surface area contributed by atoms with Crippen molar-refractivity contribution < 1.29 is 14.6 Å². The average molecular weight is 356 g/mol. The maximum Gasteiger partial charge on any atom is 0.231 e. The molecule has 1 saturated carbocycles. The van der Waals surface area contributed by atoms with E-state index >= 15 is 0 Å². The number of rotatable bonds is 5. The molecule has 1 aromatic carbocycles. The number of halogens is 1. The van der Waals surface area contributed by atoms with Gasteiger partial charge in [0.05, 0.1) is 0 Å². The number of fused-ring (bicyclic) bond motifs is 1. The third-order valence-electron chi connectivity index (χ3n) is 4.61. The van der Waals surface area contributed by atoms with Crippen LogP contribution in [-0.2, 0) is 6.54 Å². The van der Waals surface area contributed by atoms with Gasteiger partial charge in [-0.25, -0.2) is 0 Å². The Labute approximate surface area is 134 Å². The predicted octanol–water partition coefficient (Wildman–Crippen LogP) is 3.21. The van der Waals surface area contributed by atoms with Gasteiger partial charge >= 0.3 is 0 Å². The van der Waals surface area contributed by atoms with Crippen LogP contribution >= 0.6 is 15.9 Å². The van der Waals surface area contributed by atoms with Crippen LogP contribution in [0.5, 0.6) is 11.5 Å². The molecular weight excluding hydrogens is 334 g/mol. The molecule has 21 heavy (non-hydrogen) atoms. The van der Waals surface area contributed by atoms with Crippen LogP contribution < -0.4 is 14.8 Å². The second kappa shape index (κ2) is 6.55. The Kier molecular flexibility index (Phi) is 4.72. The van der Waals surface area contributed by atoms with Crippen LogP contribution in [0, 0.1) is 5.41 Å². The highest BCUT2D eigenvalue weighted by atomic mass is 79.9. The van der Waals surface area contributed by atoms with Gasteiger partial charge in [-0.15, -0.1) is 0 Å². The summed E-state index contributed by atoms with van der Waals surface area (Å²) in [6.45, 7) is 2.21. The number of ether oxygens (including phenoxy) is 2. The number of benzene rings is 1. The van der Waals surface area contributed by atoms with Gasteiger partial charge in [0.25, 0.3) is 0 Å². The molecule has 1 aliphatic heterocycles. The van der Waals surface area contributed by atoms with Crippen molar-refractivity contribution in [2.75, 3.05) is 19.9 Å². The van der Waals surface area contributed by atoms with Gasteiger partial charge in [-0.3, -0.25) is 0 Å². The second-order valence-electron chi connectivity index (χ2n) is 6.12. The first-order valence-electron chi connectivity index (χ1n) is 7.62. The lowest BCUT2D eigenvalue weighted by atomic mass is 9.74. The summed E-state index contributed by atoms with van der Waals surface area (Å²) >= 11 is 3.58. The molecule has 1 aliphatic carbocycles. The van der Waals surface area contributed by atoms with E-state index in [0.29, 0.717) is 6.79 Å². The van der Waals surface area contributed by atoms with Crippen molar-refractivity contribution in [1.29, 1.82) is 0 Å². The van der Waals surface area contributed by atoms with Crippen LogP contribution in [0.4, 0.5) is 0 Å². The van der Waals surface area contributed by atoms with Gasteiger partial charge in [0.1, 0.15) is 0 Å². The average Bonchev–Trinajstić information content (AvgIpc) is 2.95. The number of aliphatic hydroxyl groups is 1. The van der Waals surface area contributed by atoms with Crippen LogP contribution in [0.3, 0.4) is 0 Å². The quantitative estimate of drug-likeness (QED) is 0.851. The van der Waals surface area contributed by atoms with Crippen LogP contribution in [0.25, 0.3) is 0 Å². The minimum absolute atomic E-state index is 0.0705. The van der Waals surface area contributed by atoms with Crippen molar-refractivity contribution in [2.24, 2.45) is 5.41 Å². The Morgan fingerprint density at radius 1 is 1.14 bits per heavy atom. The molecule has 3 rings (SSSR count). The second-order valence-corrected chi connectivity index (χ2v) is 6.97. The Balaban J connectivity index is 1.60. The monoisotopic (exact) mass is 355 g/mol. The Hall–Kier alpha value is -0.780. The molecule has 2 N–H and O–H groups in total. The van der Waals surface area contributed by atoms with Crippen molar-refractivity contribution in [3.8, 4) is 11.5 Å². The fourth-order valence-corrected chi connectivity index (χ4v) is 3.71. The van der Waals surface area contributed by atoms with E-state index in [0.717, 1.165) is 47.5 Å². The number of hydrogen-bond donors (Lipinski definition) is 2. The summed E-state index contributed by atoms with van der Waals surface area (Å²) in [5.74, 6) is 1.61. The van der Waals surface area contributed by atoms with E-state index in [1.54, 1.807) is 0 Å². The molecule has 4 nitrogen and oxygen atoms in total. The van der Waals surface area contributed by atoms with Gasteiger partial charge in [0.2, 0.25) is 6.79 Å². The fraction of sp³-hybridized carbons (Fsp3) is 0.625. The van der Waals surface area contributed by atoms with Crippen LogP contribution in [0.1, 0.15) is 37.7 Å². The molecule has 0 amide bonds. The zero-order valence-electron chi connectivity index (χ0n) is 12.2. The molecule has 1 heterocycles. The van der Waals surface area contributed by atoms with Gasteiger partial charge < -0.3 is 19.9 Å². The summed E-state index contributed by atoms with van der Waals surface area (Å²) in [6.07, 6.45) is 6.01. The van der Waals surface area contributed by atoms with Crippen molar-refractivity contribution in [2.45, 2.75) is 38.6 Å². The van der Waals surface area contributed by atoms with E-state index in [2.05, 4.69) is 21.2 Å². The molecule has 2 aliphatic rings. The zero-order valence-corrected chi connectivity index (χ0v) is 13.7. The topological polar surface area (TPSA) is 50.7 Å². The summed E-state index contributed by atoms with van der Waals surface area (Å²) in [6, 6.07) is 3.98. The molecule has 1 fully saturated rings. The number of nitrogens with one attached hydrogen (secondary N) is 1. The lowest BCUT2D eigenvalue weighted by Crippen LogP contribution is -2.38. The van der Waals surface area contributed by atoms with E-state index in [1.807, 2.05) is 12.1 Å². The lowest BCUT2D eigenvalue weighted by Gasteiger charge is -2.35. The van der Waals surface area contributed by atoms with Gasteiger partial charge in [-0.05, 0) is 30.5 Å². The predicted molar refractivity (Wildman–Crippen MR) is 84.6 cm³/mol. The van der Waals surface area contributed by atoms with Crippen molar-refractivity contribution >= 4 is 15.9 Å².